The molecule has 0 radical (unpaired) electrons. The van der Waals surface area contributed by atoms with Gasteiger partial charge in [0.1, 0.15) is 12.6 Å². The molecule has 2 aliphatic rings. The maximum Gasteiger partial charge on any atom is 0.113 e. The molecule has 1 heterocycles. The van der Waals surface area contributed by atoms with E-state index in [1.54, 1.807) is 0 Å². The molecule has 3 nitrogen and oxygen atoms in total. The quantitative estimate of drug-likeness (QED) is 0.541. The summed E-state index contributed by atoms with van der Waals surface area (Å²) in [6.45, 7) is 11.1. The fourth-order valence-electron chi connectivity index (χ4n) is 5.49. The van der Waals surface area contributed by atoms with Gasteiger partial charge in [0.25, 0.3) is 0 Å². The van der Waals surface area contributed by atoms with Crippen molar-refractivity contribution in [3.63, 3.8) is 0 Å². The van der Waals surface area contributed by atoms with Gasteiger partial charge in [-0.1, -0.05) is 58.0 Å². The van der Waals surface area contributed by atoms with Crippen LogP contribution in [0, 0.1) is 16.0 Å². The number of hydrogen-bond acceptors (Lipinski definition) is 2. The molecule has 25 heavy (non-hydrogen) atoms. The van der Waals surface area contributed by atoms with Crippen LogP contribution in [-0.4, -0.2) is 23.8 Å². The number of hydrogen-bond donors (Lipinski definition) is 0. The number of rotatable bonds is 4. The van der Waals surface area contributed by atoms with Crippen molar-refractivity contribution in [3.8, 4) is 0 Å². The van der Waals surface area contributed by atoms with E-state index >= 15 is 0 Å². The van der Waals surface area contributed by atoms with E-state index in [1.807, 2.05) is 18.2 Å². The van der Waals surface area contributed by atoms with Gasteiger partial charge in [0, 0.05) is 17.3 Å². The van der Waals surface area contributed by atoms with E-state index in [0.29, 0.717) is 6.61 Å². The van der Waals surface area contributed by atoms with Gasteiger partial charge < -0.3 is 14.6 Å². The average molecular weight is 344 g/mol. The molecule has 1 aliphatic heterocycles. The van der Waals surface area contributed by atoms with Crippen LogP contribution in [0.1, 0.15) is 58.9 Å². The fourth-order valence-corrected chi connectivity index (χ4v) is 5.49. The smallest absolute Gasteiger partial charge is 0.113 e. The molecule has 0 amide bonds. The molecule has 0 saturated carbocycles. The van der Waals surface area contributed by atoms with E-state index in [4.69, 9.17) is 4.74 Å². The summed E-state index contributed by atoms with van der Waals surface area (Å²) in [4.78, 5) is 0. The predicted molar refractivity (Wildman–Crippen MR) is 102 cm³/mol. The van der Waals surface area contributed by atoms with Crippen LogP contribution in [0.4, 0.5) is 0 Å². The first-order valence-corrected chi connectivity index (χ1v) is 9.69. The Morgan fingerprint density at radius 2 is 1.68 bits per heavy atom. The van der Waals surface area contributed by atoms with Crippen LogP contribution < -0.4 is 0 Å². The standard InChI is InChI=1S/C22H33NO2/c1-21(2)15-19(25-17-18-11-7-5-8-12-18)16-22(3,4)20(21)23(24)13-9-6-10-14-23/h5,7-8,11-12,15,20H,6,9-10,13-14,16-17H2,1-4H3. The highest BCUT2D eigenvalue weighted by Crippen LogP contribution is 2.51. The monoisotopic (exact) mass is 343 g/mol. The summed E-state index contributed by atoms with van der Waals surface area (Å²) in [5.41, 5.74) is 0.959. The first-order valence-electron chi connectivity index (χ1n) is 9.69. The Morgan fingerprint density at radius 3 is 2.28 bits per heavy atom. The molecule has 0 aromatic heterocycles. The summed E-state index contributed by atoms with van der Waals surface area (Å²) in [5.74, 6) is 1.04. The van der Waals surface area contributed by atoms with E-state index in [9.17, 15) is 5.21 Å². The Balaban J connectivity index is 1.80. The van der Waals surface area contributed by atoms with Crippen molar-refractivity contribution in [2.75, 3.05) is 13.1 Å². The van der Waals surface area contributed by atoms with Crippen molar-refractivity contribution in [2.24, 2.45) is 10.8 Å². The van der Waals surface area contributed by atoms with E-state index in [2.05, 4.69) is 45.9 Å². The number of allylic oxidation sites excluding steroid dienone is 1. The highest BCUT2D eigenvalue weighted by Gasteiger charge is 2.53. The van der Waals surface area contributed by atoms with Gasteiger partial charge in [0.15, 0.2) is 0 Å². The van der Waals surface area contributed by atoms with Crippen LogP contribution in [0.3, 0.4) is 0 Å². The lowest BCUT2D eigenvalue weighted by Crippen LogP contribution is -2.65. The largest absolute Gasteiger partial charge is 0.633 e. The second kappa shape index (κ2) is 6.77. The fraction of sp³-hybridized carbons (Fsp3) is 0.636. The number of benzene rings is 1. The first-order chi connectivity index (χ1) is 11.7. The number of hydroxylamine groups is 3. The molecule has 0 N–H and O–H groups in total. The van der Waals surface area contributed by atoms with Crippen LogP contribution in [0.15, 0.2) is 42.2 Å². The second-order valence-electron chi connectivity index (χ2n) is 9.23. The Labute approximate surface area is 152 Å². The van der Waals surface area contributed by atoms with Crippen molar-refractivity contribution >= 4 is 0 Å². The molecule has 1 atom stereocenters. The Bertz CT molecular complexity index is 612. The number of likely N-dealkylation sites (tertiary alicyclic amines) is 1. The van der Waals surface area contributed by atoms with Crippen molar-refractivity contribution in [2.45, 2.75) is 66.0 Å². The highest BCUT2D eigenvalue weighted by molar-refractivity contribution is 5.18. The number of ether oxygens (including phenoxy) is 1. The molecule has 1 aromatic rings. The molecule has 138 valence electrons. The topological polar surface area (TPSA) is 32.3 Å². The summed E-state index contributed by atoms with van der Waals surface area (Å²) in [5, 5.41) is 13.7. The van der Waals surface area contributed by atoms with Gasteiger partial charge in [-0.05, 0) is 30.9 Å². The second-order valence-corrected chi connectivity index (χ2v) is 9.23. The lowest BCUT2D eigenvalue weighted by atomic mass is 9.63. The summed E-state index contributed by atoms with van der Waals surface area (Å²) in [6, 6.07) is 10.4. The van der Waals surface area contributed by atoms with Crippen molar-refractivity contribution in [1.29, 1.82) is 0 Å². The third-order valence-corrected chi connectivity index (χ3v) is 5.92. The maximum atomic E-state index is 13.7. The zero-order chi connectivity index (χ0) is 18.1. The van der Waals surface area contributed by atoms with E-state index < -0.39 is 0 Å². The summed E-state index contributed by atoms with van der Waals surface area (Å²) in [6.07, 6.45) is 6.41. The van der Waals surface area contributed by atoms with Crippen LogP contribution in [0.5, 0.6) is 0 Å². The third kappa shape index (κ3) is 3.93. The SMILES string of the molecule is CC1(C)C=C(OCc2ccccc2)CC(C)(C)C1[N+]1([O-])CCCCC1. The Kier molecular flexibility index (Phi) is 5.00. The minimum absolute atomic E-state index is 0.0253. The van der Waals surface area contributed by atoms with Crippen molar-refractivity contribution in [1.82, 2.24) is 0 Å². The van der Waals surface area contributed by atoms with Gasteiger partial charge in [-0.25, -0.2) is 0 Å². The van der Waals surface area contributed by atoms with Gasteiger partial charge >= 0.3 is 0 Å². The van der Waals surface area contributed by atoms with Gasteiger partial charge in [0.2, 0.25) is 0 Å². The maximum absolute atomic E-state index is 13.7. The molecule has 1 saturated heterocycles. The van der Waals surface area contributed by atoms with Crippen LogP contribution in [0.25, 0.3) is 0 Å². The van der Waals surface area contributed by atoms with E-state index in [-0.39, 0.29) is 21.5 Å². The molecule has 0 spiro atoms. The van der Waals surface area contributed by atoms with Crippen molar-refractivity contribution in [3.05, 3.63) is 52.9 Å². The minimum Gasteiger partial charge on any atom is -0.633 e. The van der Waals surface area contributed by atoms with Gasteiger partial charge in [-0.2, -0.15) is 0 Å². The van der Waals surface area contributed by atoms with Crippen molar-refractivity contribution < 1.29 is 9.38 Å². The van der Waals surface area contributed by atoms with Crippen LogP contribution >= 0.6 is 0 Å². The molecular formula is C22H33NO2. The van der Waals surface area contributed by atoms with E-state index in [1.165, 1.54) is 12.0 Å². The molecule has 1 aromatic carbocycles. The lowest BCUT2D eigenvalue weighted by Gasteiger charge is -2.61. The predicted octanol–water partition coefficient (Wildman–Crippen LogP) is 5.41. The highest BCUT2D eigenvalue weighted by atomic mass is 16.5. The Morgan fingerprint density at radius 1 is 1.04 bits per heavy atom. The molecule has 1 unspecified atom stereocenters. The summed E-state index contributed by atoms with van der Waals surface area (Å²) < 4.78 is 6.14. The zero-order valence-electron chi connectivity index (χ0n) is 16.3. The van der Waals surface area contributed by atoms with Crippen LogP contribution in [0.2, 0.25) is 0 Å². The molecular weight excluding hydrogens is 310 g/mol. The number of quaternary nitrogens is 1. The Hall–Kier alpha value is -1.32. The normalized spacial score (nSPS) is 27.4. The lowest BCUT2D eigenvalue weighted by molar-refractivity contribution is -0.924. The van der Waals surface area contributed by atoms with Gasteiger partial charge in [-0.15, -0.1) is 0 Å². The van der Waals surface area contributed by atoms with Gasteiger partial charge in [0.05, 0.1) is 18.8 Å². The van der Waals surface area contributed by atoms with Crippen LogP contribution in [-0.2, 0) is 11.3 Å². The first kappa shape index (κ1) is 18.5. The molecule has 1 fully saturated rings. The molecule has 1 aliphatic carbocycles. The minimum atomic E-state index is -0.160. The average Bonchev–Trinajstić information content (AvgIpc) is 2.52. The number of piperidine rings is 1. The van der Waals surface area contributed by atoms with E-state index in [0.717, 1.165) is 38.1 Å². The third-order valence-electron chi connectivity index (χ3n) is 5.92. The molecule has 0 bridgehead atoms. The summed E-state index contributed by atoms with van der Waals surface area (Å²) in [7, 11) is 0. The molecule has 3 heteroatoms. The summed E-state index contributed by atoms with van der Waals surface area (Å²) >= 11 is 0. The van der Waals surface area contributed by atoms with Gasteiger partial charge in [-0.3, -0.25) is 0 Å². The number of nitrogens with zero attached hydrogens (tertiary/aromatic N) is 1. The molecule has 3 rings (SSSR count). The zero-order valence-corrected chi connectivity index (χ0v) is 16.3.